The van der Waals surface area contributed by atoms with Crippen molar-refractivity contribution in [1.29, 1.82) is 0 Å². The van der Waals surface area contributed by atoms with Crippen molar-refractivity contribution in [3.8, 4) is 0 Å². The third-order valence-corrected chi connectivity index (χ3v) is 2.19. The Morgan fingerprint density at radius 1 is 1.82 bits per heavy atom. The number of nitrogens with one attached hydrogen (secondary N) is 1. The molecule has 2 atom stereocenters. The van der Waals surface area contributed by atoms with E-state index in [4.69, 9.17) is 4.74 Å². The number of fused-ring (bicyclic) bond motifs is 2. The van der Waals surface area contributed by atoms with Crippen LogP contribution in [0.4, 0.5) is 0 Å². The lowest BCUT2D eigenvalue weighted by Gasteiger charge is -2.23. The molecule has 1 saturated heterocycles. The van der Waals surface area contributed by atoms with Gasteiger partial charge in [-0.05, 0) is 12.0 Å². The molecule has 0 amide bonds. The summed E-state index contributed by atoms with van der Waals surface area (Å²) in [5, 5.41) is 3.17. The summed E-state index contributed by atoms with van der Waals surface area (Å²) in [6.07, 6.45) is 4.97. The monoisotopic (exact) mass is 153 g/mol. The zero-order valence-electron chi connectivity index (χ0n) is 6.46. The van der Waals surface area contributed by atoms with Crippen LogP contribution in [0.3, 0.4) is 0 Å². The molecule has 11 heavy (non-hydrogen) atoms. The SMILES string of the molecule is CC(=O)OC12C=CC(CN1)C2. The Labute approximate surface area is 65.4 Å². The normalized spacial score (nSPS) is 39.5. The molecule has 0 aromatic heterocycles. The average molecular weight is 153 g/mol. The van der Waals surface area contributed by atoms with Crippen LogP contribution in [0.1, 0.15) is 13.3 Å². The van der Waals surface area contributed by atoms with Crippen molar-refractivity contribution in [2.45, 2.75) is 19.1 Å². The lowest BCUT2D eigenvalue weighted by molar-refractivity contribution is -0.153. The van der Waals surface area contributed by atoms with Crippen LogP contribution in [-0.4, -0.2) is 18.2 Å². The van der Waals surface area contributed by atoms with Crippen LogP contribution >= 0.6 is 0 Å². The predicted octanol–water partition coefficient (Wildman–Crippen LogP) is 0.425. The summed E-state index contributed by atoms with van der Waals surface area (Å²) >= 11 is 0. The van der Waals surface area contributed by atoms with Crippen LogP contribution in [-0.2, 0) is 9.53 Å². The molecular weight excluding hydrogens is 142 g/mol. The van der Waals surface area contributed by atoms with Gasteiger partial charge < -0.3 is 4.74 Å². The summed E-state index contributed by atoms with van der Waals surface area (Å²) in [5.74, 6) is 0.346. The van der Waals surface area contributed by atoms with Gasteiger partial charge in [-0.1, -0.05) is 6.08 Å². The highest BCUT2D eigenvalue weighted by Gasteiger charge is 2.42. The second-order valence-corrected chi connectivity index (χ2v) is 3.19. The smallest absolute Gasteiger partial charge is 0.304 e. The minimum Gasteiger partial charge on any atom is -0.440 e. The fraction of sp³-hybridized carbons (Fsp3) is 0.625. The third kappa shape index (κ3) is 1.05. The van der Waals surface area contributed by atoms with E-state index in [1.54, 1.807) is 0 Å². The Bertz CT molecular complexity index is 224. The van der Waals surface area contributed by atoms with E-state index in [-0.39, 0.29) is 5.97 Å². The van der Waals surface area contributed by atoms with Gasteiger partial charge in [-0.25, -0.2) is 0 Å². The van der Waals surface area contributed by atoms with E-state index in [2.05, 4.69) is 11.4 Å². The van der Waals surface area contributed by atoms with Crippen LogP contribution < -0.4 is 5.32 Å². The van der Waals surface area contributed by atoms with E-state index >= 15 is 0 Å². The molecule has 0 aromatic carbocycles. The summed E-state index contributed by atoms with van der Waals surface area (Å²) in [7, 11) is 0. The zero-order valence-corrected chi connectivity index (χ0v) is 6.46. The fourth-order valence-corrected chi connectivity index (χ4v) is 1.76. The lowest BCUT2D eigenvalue weighted by atomic mass is 10.1. The number of rotatable bonds is 1. The average Bonchev–Trinajstić information content (AvgIpc) is 2.43. The Kier molecular flexibility index (Phi) is 1.29. The minimum absolute atomic E-state index is 0.218. The molecule has 0 saturated carbocycles. The van der Waals surface area contributed by atoms with Gasteiger partial charge in [0.25, 0.3) is 0 Å². The molecule has 1 aliphatic heterocycles. The van der Waals surface area contributed by atoms with Crippen molar-refractivity contribution >= 4 is 5.97 Å². The number of carbonyl (C=O) groups excluding carboxylic acids is 1. The van der Waals surface area contributed by atoms with E-state index in [9.17, 15) is 4.79 Å². The van der Waals surface area contributed by atoms with Crippen molar-refractivity contribution in [2.75, 3.05) is 6.54 Å². The van der Waals surface area contributed by atoms with Gasteiger partial charge in [0, 0.05) is 19.9 Å². The van der Waals surface area contributed by atoms with Crippen molar-refractivity contribution in [3.05, 3.63) is 12.2 Å². The Hall–Kier alpha value is -0.830. The molecule has 1 N–H and O–H groups in total. The largest absolute Gasteiger partial charge is 0.440 e. The van der Waals surface area contributed by atoms with E-state index in [1.165, 1.54) is 6.92 Å². The summed E-state index contributed by atoms with van der Waals surface area (Å²) in [4.78, 5) is 10.7. The maximum absolute atomic E-state index is 10.7. The van der Waals surface area contributed by atoms with Crippen LogP contribution in [0.5, 0.6) is 0 Å². The second kappa shape index (κ2) is 2.08. The number of hydrogen-bond acceptors (Lipinski definition) is 3. The number of esters is 1. The molecule has 60 valence electrons. The first-order valence-corrected chi connectivity index (χ1v) is 3.84. The van der Waals surface area contributed by atoms with Gasteiger partial charge in [0.05, 0.1) is 0 Å². The molecule has 1 fully saturated rings. The highest BCUT2D eigenvalue weighted by molar-refractivity contribution is 5.67. The first-order chi connectivity index (χ1) is 5.20. The molecule has 3 heteroatoms. The van der Waals surface area contributed by atoms with Gasteiger partial charge in [0.15, 0.2) is 5.72 Å². The van der Waals surface area contributed by atoms with Gasteiger partial charge in [0.1, 0.15) is 0 Å². The zero-order chi connectivity index (χ0) is 7.90. The number of ether oxygens (including phenoxy) is 1. The molecule has 1 aliphatic carbocycles. The Morgan fingerprint density at radius 2 is 2.64 bits per heavy atom. The van der Waals surface area contributed by atoms with Crippen LogP contribution in [0, 0.1) is 5.92 Å². The summed E-state index contributed by atoms with van der Waals surface area (Å²) in [6, 6.07) is 0. The third-order valence-electron chi connectivity index (χ3n) is 2.19. The standard InChI is InChI=1S/C8H11NO2/c1-6(10)11-8-3-2-7(4-8)5-9-8/h2-3,7,9H,4-5H2,1H3. The molecule has 3 nitrogen and oxygen atoms in total. The van der Waals surface area contributed by atoms with E-state index < -0.39 is 5.72 Å². The Balaban J connectivity index is 2.11. The fourth-order valence-electron chi connectivity index (χ4n) is 1.76. The number of hydrogen-bond donors (Lipinski definition) is 1. The highest BCUT2D eigenvalue weighted by atomic mass is 16.6. The Morgan fingerprint density at radius 3 is 3.00 bits per heavy atom. The van der Waals surface area contributed by atoms with Crippen molar-refractivity contribution in [1.82, 2.24) is 5.32 Å². The summed E-state index contributed by atoms with van der Waals surface area (Å²) < 4.78 is 5.15. The first-order valence-electron chi connectivity index (χ1n) is 3.84. The van der Waals surface area contributed by atoms with Crippen molar-refractivity contribution in [3.63, 3.8) is 0 Å². The molecule has 0 spiro atoms. The topological polar surface area (TPSA) is 38.3 Å². The molecule has 0 radical (unpaired) electrons. The van der Waals surface area contributed by atoms with Gasteiger partial charge >= 0.3 is 5.97 Å². The predicted molar refractivity (Wildman–Crippen MR) is 39.7 cm³/mol. The van der Waals surface area contributed by atoms with Gasteiger partial charge in [-0.2, -0.15) is 0 Å². The maximum Gasteiger partial charge on any atom is 0.304 e. The molecule has 2 unspecified atom stereocenters. The van der Waals surface area contributed by atoms with Crippen LogP contribution in [0.2, 0.25) is 0 Å². The molecule has 2 aliphatic rings. The molecule has 1 heterocycles. The van der Waals surface area contributed by atoms with Gasteiger partial charge in [0.2, 0.25) is 0 Å². The summed E-state index contributed by atoms with van der Waals surface area (Å²) in [6.45, 7) is 2.37. The van der Waals surface area contributed by atoms with Crippen LogP contribution in [0.25, 0.3) is 0 Å². The molecular formula is C8H11NO2. The first kappa shape index (κ1) is 6.85. The van der Waals surface area contributed by atoms with E-state index in [1.807, 2.05) is 6.08 Å². The lowest BCUT2D eigenvalue weighted by Crippen LogP contribution is -2.41. The number of carbonyl (C=O) groups is 1. The van der Waals surface area contributed by atoms with Crippen molar-refractivity contribution < 1.29 is 9.53 Å². The van der Waals surface area contributed by atoms with Crippen molar-refractivity contribution in [2.24, 2.45) is 5.92 Å². The molecule has 2 rings (SSSR count). The van der Waals surface area contributed by atoms with Gasteiger partial charge in [-0.3, -0.25) is 10.1 Å². The summed E-state index contributed by atoms with van der Waals surface area (Å²) in [5.41, 5.74) is -0.448. The van der Waals surface area contributed by atoms with E-state index in [0.29, 0.717) is 5.92 Å². The molecule has 0 aromatic rings. The second-order valence-electron chi connectivity index (χ2n) is 3.19. The minimum atomic E-state index is -0.448. The van der Waals surface area contributed by atoms with Gasteiger partial charge in [-0.15, -0.1) is 0 Å². The maximum atomic E-state index is 10.7. The highest BCUT2D eigenvalue weighted by Crippen LogP contribution is 2.34. The van der Waals surface area contributed by atoms with E-state index in [0.717, 1.165) is 13.0 Å². The molecule has 2 bridgehead atoms. The quantitative estimate of drug-likeness (QED) is 0.438. The van der Waals surface area contributed by atoms with Crippen LogP contribution in [0.15, 0.2) is 12.2 Å².